The predicted molar refractivity (Wildman–Crippen MR) is 55.9 cm³/mol. The van der Waals surface area contributed by atoms with E-state index < -0.39 is 0 Å². The topological polar surface area (TPSA) is 38.9 Å². The molecule has 2 rings (SSSR count). The fourth-order valence-electron chi connectivity index (χ4n) is 1.34. The summed E-state index contributed by atoms with van der Waals surface area (Å²) in [6, 6.07) is 5.71. The molecular weight excluding hydrogens is 184 g/mol. The largest absolute Gasteiger partial charge is 0.397 e. The second-order valence-corrected chi connectivity index (χ2v) is 3.44. The van der Waals surface area contributed by atoms with Crippen LogP contribution < -0.4 is 5.73 Å². The molecule has 0 amide bonds. The molecule has 0 spiro atoms. The lowest BCUT2D eigenvalue weighted by molar-refractivity contribution is 1.39. The molecule has 13 heavy (non-hydrogen) atoms. The zero-order chi connectivity index (χ0) is 9.42. The van der Waals surface area contributed by atoms with Gasteiger partial charge in [-0.05, 0) is 24.6 Å². The first-order valence-electron chi connectivity index (χ1n) is 3.99. The molecule has 0 fully saturated rings. The quantitative estimate of drug-likeness (QED) is 0.697. The van der Waals surface area contributed by atoms with Gasteiger partial charge in [-0.3, -0.25) is 4.98 Å². The Morgan fingerprint density at radius 2 is 2.15 bits per heavy atom. The van der Waals surface area contributed by atoms with Gasteiger partial charge in [0.15, 0.2) is 0 Å². The average molecular weight is 193 g/mol. The van der Waals surface area contributed by atoms with Gasteiger partial charge in [0.2, 0.25) is 0 Å². The van der Waals surface area contributed by atoms with Crippen LogP contribution in [0.4, 0.5) is 5.69 Å². The van der Waals surface area contributed by atoms with Crippen molar-refractivity contribution in [3.05, 3.63) is 35.0 Å². The summed E-state index contributed by atoms with van der Waals surface area (Å²) in [6.07, 6.45) is 1.62. The van der Waals surface area contributed by atoms with Gasteiger partial charge in [0.1, 0.15) is 0 Å². The smallest absolute Gasteiger partial charge is 0.0892 e. The highest BCUT2D eigenvalue weighted by Gasteiger charge is 2.02. The van der Waals surface area contributed by atoms with E-state index in [-0.39, 0.29) is 0 Å². The molecular formula is C10H9ClN2. The Morgan fingerprint density at radius 3 is 2.92 bits per heavy atom. The lowest BCUT2D eigenvalue weighted by Crippen LogP contribution is -1.89. The van der Waals surface area contributed by atoms with Gasteiger partial charge < -0.3 is 5.73 Å². The first kappa shape index (κ1) is 8.32. The zero-order valence-corrected chi connectivity index (χ0v) is 7.97. The van der Waals surface area contributed by atoms with Crippen LogP contribution in [-0.2, 0) is 0 Å². The van der Waals surface area contributed by atoms with Gasteiger partial charge in [-0.15, -0.1) is 0 Å². The molecule has 0 saturated carbocycles. The number of nitrogens with zero attached hydrogens (tertiary/aromatic N) is 1. The number of hydrogen-bond acceptors (Lipinski definition) is 2. The van der Waals surface area contributed by atoms with Crippen LogP contribution >= 0.6 is 11.6 Å². The zero-order valence-electron chi connectivity index (χ0n) is 7.21. The van der Waals surface area contributed by atoms with Crippen molar-refractivity contribution in [3.8, 4) is 0 Å². The Labute approximate surface area is 81.3 Å². The Hall–Kier alpha value is -1.28. The molecule has 66 valence electrons. The fourth-order valence-corrected chi connectivity index (χ4v) is 1.55. The lowest BCUT2D eigenvalue weighted by atomic mass is 10.1. The summed E-state index contributed by atoms with van der Waals surface area (Å²) in [5, 5.41) is 1.69. The number of benzene rings is 1. The number of pyridine rings is 1. The summed E-state index contributed by atoms with van der Waals surface area (Å²) in [5.41, 5.74) is 8.26. The van der Waals surface area contributed by atoms with Gasteiger partial charge >= 0.3 is 0 Å². The van der Waals surface area contributed by atoms with Crippen molar-refractivity contribution in [2.45, 2.75) is 6.92 Å². The van der Waals surface area contributed by atoms with E-state index in [1.54, 1.807) is 6.20 Å². The van der Waals surface area contributed by atoms with Crippen molar-refractivity contribution in [3.63, 3.8) is 0 Å². The predicted octanol–water partition coefficient (Wildman–Crippen LogP) is 2.78. The van der Waals surface area contributed by atoms with Crippen molar-refractivity contribution in [2.75, 3.05) is 5.73 Å². The monoisotopic (exact) mass is 192 g/mol. The molecule has 0 aliphatic heterocycles. The molecule has 0 atom stereocenters. The Kier molecular flexibility index (Phi) is 1.85. The summed E-state index contributed by atoms with van der Waals surface area (Å²) >= 11 is 5.98. The van der Waals surface area contributed by atoms with Crippen molar-refractivity contribution < 1.29 is 0 Å². The van der Waals surface area contributed by atoms with Crippen LogP contribution in [0.3, 0.4) is 0 Å². The van der Waals surface area contributed by atoms with Gasteiger partial charge in [-0.2, -0.15) is 0 Å². The molecule has 0 aliphatic carbocycles. The maximum Gasteiger partial charge on any atom is 0.0892 e. The van der Waals surface area contributed by atoms with E-state index in [9.17, 15) is 0 Å². The van der Waals surface area contributed by atoms with Gasteiger partial charge in [-0.1, -0.05) is 17.7 Å². The van der Waals surface area contributed by atoms with Crippen molar-refractivity contribution >= 4 is 28.2 Å². The maximum absolute atomic E-state index is 5.98. The molecule has 1 heterocycles. The van der Waals surface area contributed by atoms with Gasteiger partial charge in [0.25, 0.3) is 0 Å². The number of aromatic nitrogens is 1. The highest BCUT2D eigenvalue weighted by Crippen LogP contribution is 2.25. The molecule has 2 nitrogen and oxygen atoms in total. The van der Waals surface area contributed by atoms with Gasteiger partial charge in [0.05, 0.1) is 22.4 Å². The number of hydrogen-bond donors (Lipinski definition) is 1. The molecule has 0 radical (unpaired) electrons. The minimum atomic E-state index is 0.665. The molecule has 0 saturated heterocycles. The first-order chi connectivity index (χ1) is 6.18. The van der Waals surface area contributed by atoms with Crippen molar-refractivity contribution in [1.29, 1.82) is 0 Å². The summed E-state index contributed by atoms with van der Waals surface area (Å²) in [7, 11) is 0. The number of nitrogen functional groups attached to an aromatic ring is 1. The molecule has 0 unspecified atom stereocenters. The van der Waals surface area contributed by atoms with Crippen LogP contribution in [0.25, 0.3) is 10.9 Å². The highest BCUT2D eigenvalue weighted by atomic mass is 35.5. The van der Waals surface area contributed by atoms with E-state index in [4.69, 9.17) is 17.3 Å². The third-order valence-corrected chi connectivity index (χ3v) is 2.34. The molecule has 2 aromatic rings. The third kappa shape index (κ3) is 1.33. The number of fused-ring (bicyclic) bond motifs is 1. The minimum Gasteiger partial charge on any atom is -0.397 e. The molecule has 1 aromatic carbocycles. The molecule has 0 aliphatic rings. The SMILES string of the molecule is Cc1ccc(Cl)c2ncc(N)cc12. The first-order valence-corrected chi connectivity index (χ1v) is 4.36. The maximum atomic E-state index is 5.98. The van der Waals surface area contributed by atoms with Crippen molar-refractivity contribution in [2.24, 2.45) is 0 Å². The minimum absolute atomic E-state index is 0.665. The van der Waals surface area contributed by atoms with Crippen molar-refractivity contribution in [1.82, 2.24) is 4.98 Å². The van der Waals surface area contributed by atoms with Gasteiger partial charge in [-0.25, -0.2) is 0 Å². The lowest BCUT2D eigenvalue weighted by Gasteiger charge is -2.03. The Morgan fingerprint density at radius 1 is 1.38 bits per heavy atom. The van der Waals surface area contributed by atoms with Gasteiger partial charge in [0, 0.05) is 5.39 Å². The van der Waals surface area contributed by atoms with Crippen LogP contribution in [-0.4, -0.2) is 4.98 Å². The van der Waals surface area contributed by atoms with E-state index in [1.807, 2.05) is 25.1 Å². The van der Waals surface area contributed by atoms with Crippen LogP contribution in [0, 0.1) is 6.92 Å². The van der Waals surface area contributed by atoms with E-state index in [0.717, 1.165) is 16.5 Å². The van der Waals surface area contributed by atoms with E-state index in [1.165, 1.54) is 0 Å². The Balaban J connectivity index is 2.92. The summed E-state index contributed by atoms with van der Waals surface area (Å²) < 4.78 is 0. The molecule has 0 bridgehead atoms. The molecule has 3 heteroatoms. The average Bonchev–Trinajstić information content (AvgIpc) is 2.12. The highest BCUT2D eigenvalue weighted by molar-refractivity contribution is 6.35. The fraction of sp³-hybridized carbons (Fsp3) is 0.100. The summed E-state index contributed by atoms with van der Waals surface area (Å²) in [5.74, 6) is 0. The number of anilines is 1. The van der Waals surface area contributed by atoms with E-state index in [2.05, 4.69) is 4.98 Å². The molecule has 2 N–H and O–H groups in total. The summed E-state index contributed by atoms with van der Waals surface area (Å²) in [4.78, 5) is 4.18. The Bertz CT molecular complexity index is 466. The van der Waals surface area contributed by atoms with E-state index >= 15 is 0 Å². The third-order valence-electron chi connectivity index (χ3n) is 2.04. The van der Waals surface area contributed by atoms with Crippen LogP contribution in [0.5, 0.6) is 0 Å². The standard InChI is InChI=1S/C10H9ClN2/c1-6-2-3-9(11)10-8(6)4-7(12)5-13-10/h2-5H,12H2,1H3. The number of halogens is 1. The number of rotatable bonds is 0. The van der Waals surface area contributed by atoms with E-state index in [0.29, 0.717) is 10.7 Å². The summed E-state index contributed by atoms with van der Waals surface area (Å²) in [6.45, 7) is 2.01. The number of aryl methyl sites for hydroxylation is 1. The van der Waals surface area contributed by atoms with Crippen LogP contribution in [0.1, 0.15) is 5.56 Å². The van der Waals surface area contributed by atoms with Crippen LogP contribution in [0.15, 0.2) is 24.4 Å². The second-order valence-electron chi connectivity index (χ2n) is 3.03. The normalized spacial score (nSPS) is 10.6. The number of nitrogens with two attached hydrogens (primary N) is 1. The second kappa shape index (κ2) is 2.89. The molecule has 1 aromatic heterocycles. The van der Waals surface area contributed by atoms with Crippen LogP contribution in [0.2, 0.25) is 5.02 Å².